The highest BCUT2D eigenvalue weighted by molar-refractivity contribution is 5.35. The summed E-state index contributed by atoms with van der Waals surface area (Å²) in [5.41, 5.74) is 1.11. The normalized spacial score (nSPS) is 50.3. The molecule has 5 heterocycles. The van der Waals surface area contributed by atoms with Crippen LogP contribution in [0.4, 0.5) is 0 Å². The minimum absolute atomic E-state index is 0.0555. The second-order valence-corrected chi connectivity index (χ2v) is 9.81. The summed E-state index contributed by atoms with van der Waals surface area (Å²) in [7, 11) is 0. The molecular weight excluding hydrogens is 312 g/mol. The molecule has 25 heavy (non-hydrogen) atoms. The summed E-state index contributed by atoms with van der Waals surface area (Å²) in [5.74, 6) is 0. The van der Waals surface area contributed by atoms with Crippen LogP contribution in [0.1, 0.15) is 39.2 Å². The molecule has 4 heteroatoms. The molecule has 0 amide bonds. The number of rotatable bonds is 1. The summed E-state index contributed by atoms with van der Waals surface area (Å²) in [5, 5.41) is 11.4. The molecule has 1 N–H and O–H groups in total. The van der Waals surface area contributed by atoms with Crippen LogP contribution < -0.4 is 0 Å². The summed E-state index contributed by atoms with van der Waals surface area (Å²) in [6.07, 6.45) is 1.85. The first kappa shape index (κ1) is 16.2. The van der Waals surface area contributed by atoms with Crippen molar-refractivity contribution in [3.05, 3.63) is 35.9 Å². The molecular formula is C21H30N2O2. The maximum absolute atomic E-state index is 11.4. The predicted octanol–water partition coefficient (Wildman–Crippen LogP) is 2.22. The van der Waals surface area contributed by atoms with Crippen molar-refractivity contribution >= 4 is 0 Å². The maximum atomic E-state index is 11.4. The minimum atomic E-state index is -0.278. The molecule has 1 spiro atoms. The van der Waals surface area contributed by atoms with Gasteiger partial charge in [0.2, 0.25) is 0 Å². The lowest BCUT2D eigenvalue weighted by Gasteiger charge is -2.74. The second-order valence-electron chi connectivity index (χ2n) is 9.81. The highest BCUT2D eigenvalue weighted by Crippen LogP contribution is 2.58. The molecule has 1 aromatic rings. The maximum Gasteiger partial charge on any atom is 0.0788 e. The number of benzene rings is 1. The molecule has 0 radical (unpaired) electrons. The molecule has 4 bridgehead atoms. The molecule has 3 atom stereocenters. The highest BCUT2D eigenvalue weighted by atomic mass is 16.5. The number of hydrogen-bond donors (Lipinski definition) is 1. The Hall–Kier alpha value is -0.940. The van der Waals surface area contributed by atoms with Crippen LogP contribution >= 0.6 is 0 Å². The fraction of sp³-hybridized carbons (Fsp3) is 0.714. The van der Waals surface area contributed by atoms with E-state index in [0.717, 1.165) is 45.6 Å². The standard InChI is InChI=1S/C21H30N2O2/c1-18(2)11-21(9-10-25-18)22-12-19(3)13-23(21)15-20(14-22,17(19)24)16-7-5-4-6-8-16/h4-8,17,24H,9-15H2,1-3H3/t17-,19?,20?,21?/m1/s1. The van der Waals surface area contributed by atoms with Gasteiger partial charge in [0, 0.05) is 49.9 Å². The van der Waals surface area contributed by atoms with Crippen LogP contribution in [-0.4, -0.2) is 65.1 Å². The fourth-order valence-corrected chi connectivity index (χ4v) is 6.53. The summed E-state index contributed by atoms with van der Waals surface area (Å²) in [6, 6.07) is 10.7. The van der Waals surface area contributed by atoms with E-state index in [1.807, 2.05) is 0 Å². The van der Waals surface area contributed by atoms with E-state index >= 15 is 0 Å². The number of ether oxygens (including phenoxy) is 1. The summed E-state index contributed by atoms with van der Waals surface area (Å²) < 4.78 is 6.05. The molecule has 0 aliphatic carbocycles. The third-order valence-corrected chi connectivity index (χ3v) is 7.46. The summed E-state index contributed by atoms with van der Waals surface area (Å²) >= 11 is 0. The number of piperidine rings is 2. The Labute approximate surface area is 150 Å². The Kier molecular flexibility index (Phi) is 3.16. The van der Waals surface area contributed by atoms with Gasteiger partial charge in [-0.1, -0.05) is 37.3 Å². The van der Waals surface area contributed by atoms with Gasteiger partial charge in [-0.25, -0.2) is 0 Å². The number of hydrogen-bond acceptors (Lipinski definition) is 4. The van der Waals surface area contributed by atoms with Crippen molar-refractivity contribution in [3.8, 4) is 0 Å². The highest BCUT2D eigenvalue weighted by Gasteiger charge is 2.69. The van der Waals surface area contributed by atoms with Gasteiger partial charge in [-0.2, -0.15) is 0 Å². The lowest BCUT2D eigenvalue weighted by Crippen LogP contribution is -2.86. The van der Waals surface area contributed by atoms with Gasteiger partial charge in [-0.15, -0.1) is 0 Å². The SMILES string of the molecule is CC1(C)CC2(CCO1)N1CC3(C)CN2CC(c2ccccc2)(C1)[C@@H]3O. The van der Waals surface area contributed by atoms with Crippen molar-refractivity contribution in [2.24, 2.45) is 5.41 Å². The van der Waals surface area contributed by atoms with Gasteiger partial charge in [0.05, 0.1) is 24.0 Å². The van der Waals surface area contributed by atoms with Crippen LogP contribution in [0.25, 0.3) is 0 Å². The third-order valence-electron chi connectivity index (χ3n) is 7.46. The Bertz CT molecular complexity index is 670. The quantitative estimate of drug-likeness (QED) is 0.849. The van der Waals surface area contributed by atoms with Gasteiger partial charge in [-0.3, -0.25) is 9.80 Å². The minimum Gasteiger partial charge on any atom is -0.391 e. The zero-order chi connectivity index (χ0) is 17.5. The van der Waals surface area contributed by atoms with Crippen molar-refractivity contribution in [2.75, 3.05) is 32.8 Å². The van der Waals surface area contributed by atoms with Crippen LogP contribution in [0, 0.1) is 5.41 Å². The number of nitrogens with zero attached hydrogens (tertiary/aromatic N) is 2. The van der Waals surface area contributed by atoms with Gasteiger partial charge < -0.3 is 9.84 Å². The molecule has 5 aliphatic rings. The Morgan fingerprint density at radius 2 is 1.64 bits per heavy atom. The van der Waals surface area contributed by atoms with Gasteiger partial charge in [-0.05, 0) is 19.4 Å². The molecule has 5 aliphatic heterocycles. The van der Waals surface area contributed by atoms with Gasteiger partial charge in [0.15, 0.2) is 0 Å². The average Bonchev–Trinajstić information content (AvgIpc) is 2.55. The molecule has 0 saturated carbocycles. The third kappa shape index (κ3) is 2.03. The molecule has 5 saturated heterocycles. The summed E-state index contributed by atoms with van der Waals surface area (Å²) in [6.45, 7) is 11.5. The largest absolute Gasteiger partial charge is 0.391 e. The molecule has 0 aromatic heterocycles. The topological polar surface area (TPSA) is 35.9 Å². The number of aliphatic hydroxyl groups is 1. The van der Waals surface area contributed by atoms with Crippen molar-refractivity contribution in [3.63, 3.8) is 0 Å². The van der Waals surface area contributed by atoms with Crippen LogP contribution in [-0.2, 0) is 10.2 Å². The van der Waals surface area contributed by atoms with Crippen molar-refractivity contribution in [1.29, 1.82) is 0 Å². The molecule has 136 valence electrons. The lowest BCUT2D eigenvalue weighted by molar-refractivity contribution is -0.297. The van der Waals surface area contributed by atoms with Crippen LogP contribution in [0.5, 0.6) is 0 Å². The molecule has 4 nitrogen and oxygen atoms in total. The van der Waals surface area contributed by atoms with Crippen molar-refractivity contribution in [2.45, 2.75) is 56.4 Å². The first-order chi connectivity index (χ1) is 11.8. The van der Waals surface area contributed by atoms with E-state index in [2.05, 4.69) is 60.9 Å². The molecule has 6 rings (SSSR count). The molecule has 5 fully saturated rings. The van der Waals surface area contributed by atoms with Crippen LogP contribution in [0.2, 0.25) is 0 Å². The monoisotopic (exact) mass is 342 g/mol. The molecule has 1 aromatic carbocycles. The zero-order valence-electron chi connectivity index (χ0n) is 15.7. The van der Waals surface area contributed by atoms with E-state index in [4.69, 9.17) is 4.74 Å². The zero-order valence-corrected chi connectivity index (χ0v) is 15.7. The smallest absolute Gasteiger partial charge is 0.0788 e. The Balaban J connectivity index is 1.60. The van der Waals surface area contributed by atoms with E-state index in [-0.39, 0.29) is 28.2 Å². The van der Waals surface area contributed by atoms with Crippen molar-refractivity contribution < 1.29 is 9.84 Å². The first-order valence-electron chi connectivity index (χ1n) is 9.68. The fourth-order valence-electron chi connectivity index (χ4n) is 6.53. The van der Waals surface area contributed by atoms with E-state index < -0.39 is 0 Å². The van der Waals surface area contributed by atoms with E-state index in [0.29, 0.717) is 0 Å². The Morgan fingerprint density at radius 1 is 1.00 bits per heavy atom. The van der Waals surface area contributed by atoms with E-state index in [1.165, 1.54) is 5.56 Å². The summed E-state index contributed by atoms with van der Waals surface area (Å²) in [4.78, 5) is 5.40. The van der Waals surface area contributed by atoms with Crippen LogP contribution in [0.3, 0.4) is 0 Å². The van der Waals surface area contributed by atoms with Gasteiger partial charge in [0.1, 0.15) is 0 Å². The van der Waals surface area contributed by atoms with Crippen molar-refractivity contribution in [1.82, 2.24) is 9.80 Å². The average molecular weight is 342 g/mol. The van der Waals surface area contributed by atoms with E-state index in [1.54, 1.807) is 0 Å². The van der Waals surface area contributed by atoms with Gasteiger partial charge >= 0.3 is 0 Å². The first-order valence-corrected chi connectivity index (χ1v) is 9.68. The van der Waals surface area contributed by atoms with Gasteiger partial charge in [0.25, 0.3) is 0 Å². The predicted molar refractivity (Wildman–Crippen MR) is 97.4 cm³/mol. The second kappa shape index (κ2) is 4.86. The molecule has 2 unspecified atom stereocenters. The van der Waals surface area contributed by atoms with Crippen LogP contribution in [0.15, 0.2) is 30.3 Å². The van der Waals surface area contributed by atoms with E-state index in [9.17, 15) is 5.11 Å². The lowest BCUT2D eigenvalue weighted by atomic mass is 9.55. The number of aliphatic hydroxyl groups excluding tert-OH is 1. The Morgan fingerprint density at radius 3 is 2.24 bits per heavy atom.